The number of hydrogen-bond acceptors (Lipinski definition) is 4. The van der Waals surface area contributed by atoms with Crippen LogP contribution in [0.5, 0.6) is 0 Å². The molecule has 0 aromatic heterocycles. The van der Waals surface area contributed by atoms with E-state index in [-0.39, 0.29) is 0 Å². The van der Waals surface area contributed by atoms with E-state index in [2.05, 4.69) is 59.6 Å². The Hall–Kier alpha value is -0.523. The fourth-order valence-electron chi connectivity index (χ4n) is 6.84. The summed E-state index contributed by atoms with van der Waals surface area (Å²) in [7, 11) is -1.46. The minimum Gasteiger partial charge on any atom is -0.418 e. The van der Waals surface area contributed by atoms with Gasteiger partial charge in [-0.15, -0.1) is 0 Å². The second-order valence-corrected chi connectivity index (χ2v) is 17.9. The number of hydrogen-bond donors (Lipinski definition) is 1. The average Bonchev–Trinajstić information content (AvgIpc) is 2.79. The van der Waals surface area contributed by atoms with Crippen LogP contribution in [0.15, 0.2) is 9.98 Å². The molecule has 3 aliphatic rings. The van der Waals surface area contributed by atoms with Crippen LogP contribution in [0, 0.1) is 23.7 Å². The first-order valence-corrected chi connectivity index (χ1v) is 18.5. The molecule has 1 N–H and O–H groups in total. The molecule has 6 unspecified atom stereocenters. The molecule has 1 heterocycles. The van der Waals surface area contributed by atoms with Gasteiger partial charge in [0.05, 0.1) is 12.1 Å². The lowest BCUT2D eigenvalue weighted by molar-refractivity contribution is 0.250. The van der Waals surface area contributed by atoms with Crippen molar-refractivity contribution in [1.82, 2.24) is 5.32 Å². The Morgan fingerprint density at radius 2 is 1.23 bits per heavy atom. The molecule has 0 bridgehead atoms. The highest BCUT2D eigenvalue weighted by molar-refractivity contribution is 6.69. The van der Waals surface area contributed by atoms with Crippen molar-refractivity contribution < 1.29 is 4.43 Å². The third kappa shape index (κ3) is 8.78. The van der Waals surface area contributed by atoms with Crippen LogP contribution in [0.25, 0.3) is 0 Å². The molecule has 1 aliphatic heterocycles. The maximum Gasteiger partial charge on any atom is 0.183 e. The van der Waals surface area contributed by atoms with E-state index < -0.39 is 8.32 Å². The topological polar surface area (TPSA) is 46.0 Å². The van der Waals surface area contributed by atoms with E-state index >= 15 is 0 Å². The lowest BCUT2D eigenvalue weighted by Crippen LogP contribution is -2.50. The van der Waals surface area contributed by atoms with E-state index in [9.17, 15) is 0 Å². The zero-order chi connectivity index (χ0) is 25.6. The number of nitrogens with one attached hydrogen (secondary N) is 1. The molecule has 0 radical (unpaired) electrons. The van der Waals surface area contributed by atoms with Crippen molar-refractivity contribution in [3.05, 3.63) is 0 Å². The van der Waals surface area contributed by atoms with Crippen LogP contribution in [0.4, 0.5) is 0 Å². The van der Waals surface area contributed by atoms with Crippen LogP contribution in [0.2, 0.25) is 19.6 Å². The quantitative estimate of drug-likeness (QED) is 0.199. The minimum absolute atomic E-state index is 0.397. The lowest BCUT2D eigenvalue weighted by atomic mass is 9.78. The molecular weight excluding hydrogens is 446 g/mol. The first-order valence-electron chi connectivity index (χ1n) is 15.1. The van der Waals surface area contributed by atoms with Crippen molar-refractivity contribution in [2.75, 3.05) is 6.61 Å². The number of piperidine rings is 1. The Kier molecular flexibility index (Phi) is 11.1. The summed E-state index contributed by atoms with van der Waals surface area (Å²) in [6.07, 6.45) is 13.9. The van der Waals surface area contributed by atoms with Crippen molar-refractivity contribution in [2.45, 2.75) is 149 Å². The molecular formula is C30H57N3OSi. The van der Waals surface area contributed by atoms with Crippen molar-refractivity contribution in [1.29, 1.82) is 0 Å². The van der Waals surface area contributed by atoms with Gasteiger partial charge in [0.1, 0.15) is 0 Å². The molecule has 2 saturated carbocycles. The van der Waals surface area contributed by atoms with Crippen molar-refractivity contribution in [3.63, 3.8) is 0 Å². The van der Waals surface area contributed by atoms with Crippen molar-refractivity contribution in [3.8, 4) is 0 Å². The molecule has 202 valence electrons. The van der Waals surface area contributed by atoms with E-state index in [0.29, 0.717) is 47.8 Å². The molecule has 2 aliphatic carbocycles. The van der Waals surface area contributed by atoms with E-state index in [1.54, 1.807) is 0 Å². The number of nitrogens with zero attached hydrogens (tertiary/aromatic N) is 2. The highest BCUT2D eigenvalue weighted by Crippen LogP contribution is 2.33. The molecule has 35 heavy (non-hydrogen) atoms. The Balaban J connectivity index is 1.73. The van der Waals surface area contributed by atoms with Crippen LogP contribution >= 0.6 is 0 Å². The van der Waals surface area contributed by atoms with E-state index in [1.165, 1.54) is 69.2 Å². The summed E-state index contributed by atoms with van der Waals surface area (Å²) in [6.45, 7) is 19.7. The van der Waals surface area contributed by atoms with Crippen molar-refractivity contribution >= 4 is 19.7 Å². The normalized spacial score (nSPS) is 37.9. The molecule has 6 atom stereocenters. The SMILES string of the molecule is CC(=NC1C(C)CCCC1C)C1CCCC(C(CCCO[Si](C)(C)C)=NC2C(C)CCCC2C)N1. The maximum absolute atomic E-state index is 6.21. The van der Waals surface area contributed by atoms with Gasteiger partial charge in [0.25, 0.3) is 0 Å². The maximum atomic E-state index is 6.21. The van der Waals surface area contributed by atoms with Crippen LogP contribution < -0.4 is 5.32 Å². The Morgan fingerprint density at radius 1 is 0.743 bits per heavy atom. The molecule has 0 amide bonds. The smallest absolute Gasteiger partial charge is 0.183 e. The Labute approximate surface area is 218 Å². The van der Waals surface area contributed by atoms with Gasteiger partial charge in [-0.25, -0.2) is 0 Å². The third-order valence-electron chi connectivity index (χ3n) is 9.04. The van der Waals surface area contributed by atoms with Gasteiger partial charge in [-0.1, -0.05) is 40.5 Å². The molecule has 5 heteroatoms. The molecule has 3 fully saturated rings. The van der Waals surface area contributed by atoms with Crippen LogP contribution in [0.3, 0.4) is 0 Å². The Bertz CT molecular complexity index is 695. The summed E-state index contributed by atoms with van der Waals surface area (Å²) in [5, 5.41) is 4.06. The molecule has 0 aromatic carbocycles. The van der Waals surface area contributed by atoms with E-state index in [1.807, 2.05) is 0 Å². The highest BCUT2D eigenvalue weighted by Gasteiger charge is 2.32. The second-order valence-electron chi connectivity index (χ2n) is 13.4. The zero-order valence-electron chi connectivity index (χ0n) is 24.4. The summed E-state index contributed by atoms with van der Waals surface area (Å²) in [5.74, 6) is 2.82. The summed E-state index contributed by atoms with van der Waals surface area (Å²) < 4.78 is 6.21. The zero-order valence-corrected chi connectivity index (χ0v) is 25.4. The standard InChI is InChI=1S/C30H57N3OSi/c1-21-13-9-14-22(2)29(21)31-25(5)26-17-11-18-27(32-26)28(19-12-20-34-35(6,7)8)33-30-23(3)15-10-16-24(30)4/h21-24,26-27,29-30,32H,9-20H2,1-8H3. The predicted molar refractivity (Wildman–Crippen MR) is 156 cm³/mol. The summed E-state index contributed by atoms with van der Waals surface area (Å²) in [6, 6.07) is 1.78. The first kappa shape index (κ1) is 29.0. The monoisotopic (exact) mass is 503 g/mol. The lowest BCUT2D eigenvalue weighted by Gasteiger charge is -2.37. The van der Waals surface area contributed by atoms with Gasteiger partial charge < -0.3 is 9.74 Å². The van der Waals surface area contributed by atoms with Gasteiger partial charge in [-0.2, -0.15) is 0 Å². The van der Waals surface area contributed by atoms with Gasteiger partial charge in [-0.05, 0) is 108 Å². The molecule has 0 aromatic rings. The molecule has 4 nitrogen and oxygen atoms in total. The second kappa shape index (κ2) is 13.3. The van der Waals surface area contributed by atoms with Crippen LogP contribution in [0.1, 0.15) is 105 Å². The third-order valence-corrected chi connectivity index (χ3v) is 10.1. The first-order chi connectivity index (χ1) is 16.5. The summed E-state index contributed by atoms with van der Waals surface area (Å²) in [5.41, 5.74) is 2.76. The molecule has 1 saturated heterocycles. The fraction of sp³-hybridized carbons (Fsp3) is 0.933. The average molecular weight is 504 g/mol. The number of aliphatic imine (C=N–C) groups is 2. The van der Waals surface area contributed by atoms with Crippen LogP contribution in [-0.2, 0) is 4.43 Å². The molecule has 3 rings (SSSR count). The van der Waals surface area contributed by atoms with E-state index in [0.717, 1.165) is 19.4 Å². The molecule has 0 spiro atoms. The van der Waals surface area contributed by atoms with Gasteiger partial charge in [0.15, 0.2) is 8.32 Å². The summed E-state index contributed by atoms with van der Waals surface area (Å²) in [4.78, 5) is 10.9. The van der Waals surface area contributed by atoms with E-state index in [4.69, 9.17) is 14.4 Å². The largest absolute Gasteiger partial charge is 0.418 e. The van der Waals surface area contributed by atoms with Gasteiger partial charge in [0.2, 0.25) is 0 Å². The number of rotatable bonds is 9. The van der Waals surface area contributed by atoms with Gasteiger partial charge >= 0.3 is 0 Å². The van der Waals surface area contributed by atoms with Gasteiger partial charge in [0, 0.05) is 30.1 Å². The van der Waals surface area contributed by atoms with Gasteiger partial charge in [-0.3, -0.25) is 9.98 Å². The summed E-state index contributed by atoms with van der Waals surface area (Å²) >= 11 is 0. The predicted octanol–water partition coefficient (Wildman–Crippen LogP) is 7.68. The fourth-order valence-corrected chi connectivity index (χ4v) is 7.60. The highest BCUT2D eigenvalue weighted by atomic mass is 28.4. The van der Waals surface area contributed by atoms with Crippen LogP contribution in [-0.4, -0.2) is 50.5 Å². The minimum atomic E-state index is -1.46. The van der Waals surface area contributed by atoms with Crippen molar-refractivity contribution in [2.24, 2.45) is 33.7 Å². The Morgan fingerprint density at radius 3 is 1.77 bits per heavy atom.